The monoisotopic (exact) mass is 408 g/mol. The van der Waals surface area contributed by atoms with E-state index in [1.807, 2.05) is 19.9 Å². The van der Waals surface area contributed by atoms with E-state index >= 15 is 0 Å². The first-order chi connectivity index (χ1) is 13.4. The van der Waals surface area contributed by atoms with E-state index < -0.39 is 17.5 Å². The van der Waals surface area contributed by atoms with Gasteiger partial charge in [0.2, 0.25) is 0 Å². The summed E-state index contributed by atoms with van der Waals surface area (Å²) in [6.07, 6.45) is 9.03. The van der Waals surface area contributed by atoms with E-state index in [2.05, 4.69) is 25.5 Å². The Kier molecular flexibility index (Phi) is 7.58. The van der Waals surface area contributed by atoms with E-state index in [4.69, 9.17) is 4.74 Å². The van der Waals surface area contributed by atoms with Crippen molar-refractivity contribution in [3.63, 3.8) is 0 Å². The Balaban J connectivity index is 1.98. The quantitative estimate of drug-likeness (QED) is 0.372. The van der Waals surface area contributed by atoms with Crippen molar-refractivity contribution >= 4 is 11.9 Å². The minimum Gasteiger partial charge on any atom is -0.469 e. The van der Waals surface area contributed by atoms with Crippen molar-refractivity contribution in [2.75, 3.05) is 13.7 Å². The molecule has 0 aromatic carbocycles. The summed E-state index contributed by atoms with van der Waals surface area (Å²) in [5, 5.41) is 11.2. The lowest BCUT2D eigenvalue weighted by Crippen LogP contribution is -2.57. The van der Waals surface area contributed by atoms with E-state index in [-0.39, 0.29) is 24.4 Å². The van der Waals surface area contributed by atoms with E-state index in [0.717, 1.165) is 31.3 Å². The molecule has 2 saturated carbocycles. The van der Waals surface area contributed by atoms with Gasteiger partial charge in [0.05, 0.1) is 12.7 Å². The van der Waals surface area contributed by atoms with Gasteiger partial charge < -0.3 is 14.6 Å². The molecule has 0 amide bonds. The summed E-state index contributed by atoms with van der Waals surface area (Å²) >= 11 is 0. The molecule has 2 fully saturated rings. The molecule has 0 heterocycles. The number of carbonyl (C=O) groups excluding carboxylic acids is 2. The van der Waals surface area contributed by atoms with Crippen LogP contribution in [0.5, 0.6) is 0 Å². The van der Waals surface area contributed by atoms with Crippen LogP contribution in [0.2, 0.25) is 0 Å². The number of ether oxygens (including phenoxy) is 2. The van der Waals surface area contributed by atoms with Gasteiger partial charge in [0, 0.05) is 0 Å². The van der Waals surface area contributed by atoms with Gasteiger partial charge in [-0.2, -0.15) is 0 Å². The maximum atomic E-state index is 11.6. The maximum absolute atomic E-state index is 11.6. The second-order valence-corrected chi connectivity index (χ2v) is 10.4. The average molecular weight is 409 g/mol. The Bertz CT molecular complexity index is 633. The lowest BCUT2D eigenvalue weighted by Gasteiger charge is -2.61. The van der Waals surface area contributed by atoms with Crippen molar-refractivity contribution in [3.8, 4) is 0 Å². The number of rotatable bonds is 7. The lowest BCUT2D eigenvalue weighted by atomic mass is 9.45. The Morgan fingerprint density at radius 2 is 1.79 bits per heavy atom. The van der Waals surface area contributed by atoms with Gasteiger partial charge in [-0.3, -0.25) is 9.59 Å². The molecule has 0 aromatic heterocycles. The highest BCUT2D eigenvalue weighted by atomic mass is 16.5. The van der Waals surface area contributed by atoms with Crippen molar-refractivity contribution in [1.82, 2.24) is 0 Å². The smallest absolute Gasteiger partial charge is 0.317 e. The molecule has 0 bridgehead atoms. The molecule has 2 aliphatic carbocycles. The van der Waals surface area contributed by atoms with Crippen LogP contribution in [0.4, 0.5) is 0 Å². The maximum Gasteiger partial charge on any atom is 0.317 e. The number of methoxy groups -OCH3 is 1. The van der Waals surface area contributed by atoms with Gasteiger partial charge in [-0.05, 0) is 81.1 Å². The molecule has 166 valence electrons. The summed E-state index contributed by atoms with van der Waals surface area (Å²) < 4.78 is 9.55. The molecular formula is C24H40O5. The van der Waals surface area contributed by atoms with Gasteiger partial charge in [0.1, 0.15) is 13.0 Å². The zero-order valence-corrected chi connectivity index (χ0v) is 19.2. The number of fused-ring (bicyclic) bond motifs is 1. The Labute approximate surface area is 176 Å². The molecule has 2 aliphatic rings. The van der Waals surface area contributed by atoms with Crippen LogP contribution in [-0.4, -0.2) is 36.4 Å². The van der Waals surface area contributed by atoms with Crippen molar-refractivity contribution in [2.24, 2.45) is 22.7 Å². The van der Waals surface area contributed by atoms with Crippen molar-refractivity contribution in [1.29, 1.82) is 0 Å². The van der Waals surface area contributed by atoms with Crippen LogP contribution in [0.15, 0.2) is 11.6 Å². The molecule has 0 aliphatic heterocycles. The number of allylic oxidation sites excluding steroid dienone is 1. The molecule has 0 aromatic rings. The molecule has 0 saturated heterocycles. The molecule has 5 heteroatoms. The normalized spacial score (nSPS) is 34.2. The zero-order chi connectivity index (χ0) is 21.9. The number of esters is 2. The van der Waals surface area contributed by atoms with Crippen LogP contribution in [0.3, 0.4) is 0 Å². The summed E-state index contributed by atoms with van der Waals surface area (Å²) in [6, 6.07) is 0. The Hall–Kier alpha value is -1.36. The molecule has 1 N–H and O–H groups in total. The van der Waals surface area contributed by atoms with Crippen molar-refractivity contribution in [2.45, 2.75) is 91.6 Å². The summed E-state index contributed by atoms with van der Waals surface area (Å²) in [6.45, 7) is 11.4. The highest BCUT2D eigenvalue weighted by Gasteiger charge is 2.57. The van der Waals surface area contributed by atoms with Crippen LogP contribution in [0.25, 0.3) is 0 Å². The minimum absolute atomic E-state index is 0.162. The second-order valence-electron chi connectivity index (χ2n) is 10.4. The fraction of sp³-hybridized carbons (Fsp3) is 0.833. The van der Waals surface area contributed by atoms with Crippen LogP contribution in [0, 0.1) is 22.7 Å². The predicted octanol–water partition coefficient (Wildman–Crippen LogP) is 4.81. The summed E-state index contributed by atoms with van der Waals surface area (Å²) in [5.41, 5.74) is 1.01. The first-order valence-corrected chi connectivity index (χ1v) is 11.0. The van der Waals surface area contributed by atoms with E-state index in [0.29, 0.717) is 11.3 Å². The number of hydrogen-bond acceptors (Lipinski definition) is 5. The van der Waals surface area contributed by atoms with Gasteiger partial charge in [-0.25, -0.2) is 0 Å². The predicted molar refractivity (Wildman–Crippen MR) is 113 cm³/mol. The first-order valence-electron chi connectivity index (χ1n) is 11.0. The molecular weight excluding hydrogens is 368 g/mol. The van der Waals surface area contributed by atoms with Gasteiger partial charge in [-0.15, -0.1) is 0 Å². The molecule has 4 unspecified atom stereocenters. The van der Waals surface area contributed by atoms with Crippen LogP contribution in [-0.2, 0) is 19.1 Å². The van der Waals surface area contributed by atoms with Crippen molar-refractivity contribution in [3.05, 3.63) is 11.6 Å². The molecule has 29 heavy (non-hydrogen) atoms. The van der Waals surface area contributed by atoms with Gasteiger partial charge >= 0.3 is 11.9 Å². The van der Waals surface area contributed by atoms with Crippen LogP contribution < -0.4 is 0 Å². The first kappa shape index (κ1) is 23.9. The van der Waals surface area contributed by atoms with Gasteiger partial charge in [-0.1, -0.05) is 32.8 Å². The largest absolute Gasteiger partial charge is 0.469 e. The average Bonchev–Trinajstić information content (AvgIpc) is 2.59. The standard InChI is InChI=1S/C24H40O5/c1-17(11-15-29-21(26)16-20(25)28-6)8-9-19-23(4)13-7-12-22(2,3)18(23)10-14-24(19,5)27/h11,18-19,27H,7-10,12-16H2,1-6H3. The summed E-state index contributed by atoms with van der Waals surface area (Å²) in [4.78, 5) is 22.6. The third-order valence-corrected chi connectivity index (χ3v) is 7.78. The second kappa shape index (κ2) is 9.20. The molecule has 5 nitrogen and oxygen atoms in total. The summed E-state index contributed by atoms with van der Waals surface area (Å²) in [5.74, 6) is -0.250. The topological polar surface area (TPSA) is 72.8 Å². The highest BCUT2D eigenvalue weighted by molar-refractivity contribution is 5.91. The highest BCUT2D eigenvalue weighted by Crippen LogP contribution is 2.62. The molecule has 0 spiro atoms. The minimum atomic E-state index is -0.633. The van der Waals surface area contributed by atoms with E-state index in [1.165, 1.54) is 26.4 Å². The molecule has 4 atom stereocenters. The number of carbonyl (C=O) groups is 2. The van der Waals surface area contributed by atoms with E-state index in [1.54, 1.807) is 0 Å². The third-order valence-electron chi connectivity index (χ3n) is 7.78. The van der Waals surface area contributed by atoms with E-state index in [9.17, 15) is 14.7 Å². The summed E-state index contributed by atoms with van der Waals surface area (Å²) in [7, 11) is 1.25. The number of hydrogen-bond donors (Lipinski definition) is 1. The van der Waals surface area contributed by atoms with Crippen LogP contribution in [0.1, 0.15) is 86.0 Å². The molecule has 0 radical (unpaired) electrons. The van der Waals surface area contributed by atoms with Crippen LogP contribution >= 0.6 is 0 Å². The zero-order valence-electron chi connectivity index (χ0n) is 19.2. The lowest BCUT2D eigenvalue weighted by molar-refractivity contribution is -0.168. The Morgan fingerprint density at radius 3 is 2.45 bits per heavy atom. The fourth-order valence-corrected chi connectivity index (χ4v) is 6.26. The Morgan fingerprint density at radius 1 is 1.10 bits per heavy atom. The van der Waals surface area contributed by atoms with Gasteiger partial charge in [0.25, 0.3) is 0 Å². The molecule has 2 rings (SSSR count). The van der Waals surface area contributed by atoms with Crippen molar-refractivity contribution < 1.29 is 24.2 Å². The fourth-order valence-electron chi connectivity index (χ4n) is 6.26. The number of aliphatic hydroxyl groups is 1. The third kappa shape index (κ3) is 5.62. The SMILES string of the molecule is COC(=O)CC(=O)OCC=C(C)CCC1C(C)(O)CCC2C(C)(C)CCCC21C. The van der Waals surface area contributed by atoms with Gasteiger partial charge in [0.15, 0.2) is 0 Å².